The number of ether oxygens (including phenoxy) is 1. The van der Waals surface area contributed by atoms with E-state index < -0.39 is 0 Å². The van der Waals surface area contributed by atoms with Gasteiger partial charge < -0.3 is 14.5 Å². The topological polar surface area (TPSA) is 88.7 Å². The van der Waals surface area contributed by atoms with Crippen LogP contribution in [0.25, 0.3) is 32.9 Å². The van der Waals surface area contributed by atoms with Crippen LogP contribution in [0.5, 0.6) is 0 Å². The van der Waals surface area contributed by atoms with Gasteiger partial charge in [0, 0.05) is 85.4 Å². The van der Waals surface area contributed by atoms with Gasteiger partial charge in [0.2, 0.25) is 5.91 Å². The van der Waals surface area contributed by atoms with Gasteiger partial charge in [0.15, 0.2) is 0 Å². The molecule has 0 spiro atoms. The van der Waals surface area contributed by atoms with E-state index in [4.69, 9.17) is 9.72 Å². The number of fused-ring (bicyclic) bond motifs is 1. The number of hydrogen-bond acceptors (Lipinski definition) is 8. The minimum absolute atomic E-state index is 0.00209. The number of thioether (sulfide) groups is 1. The zero-order valence-electron chi connectivity index (χ0n) is 24.1. The van der Waals surface area contributed by atoms with Crippen LogP contribution in [0.1, 0.15) is 11.6 Å². The summed E-state index contributed by atoms with van der Waals surface area (Å²) in [5.41, 5.74) is 5.24. The molecule has 7 rings (SSSR count). The summed E-state index contributed by atoms with van der Waals surface area (Å²) in [5, 5.41) is 6.62. The number of aromatic nitrogens is 4. The summed E-state index contributed by atoms with van der Waals surface area (Å²) in [6.07, 6.45) is 3.27. The Morgan fingerprint density at radius 3 is 2.69 bits per heavy atom. The zero-order chi connectivity index (χ0) is 29.0. The van der Waals surface area contributed by atoms with E-state index in [0.717, 1.165) is 82.0 Å². The first-order valence-electron chi connectivity index (χ1n) is 14.5. The highest BCUT2D eigenvalue weighted by atomic mass is 32.2. The first kappa shape index (κ1) is 27.2. The van der Waals surface area contributed by atoms with E-state index >= 15 is 0 Å². The number of benzene rings is 2. The zero-order valence-corrected chi connectivity index (χ0v) is 24.9. The molecule has 0 radical (unpaired) electrons. The van der Waals surface area contributed by atoms with Crippen LogP contribution in [0.3, 0.4) is 0 Å². The molecule has 3 aliphatic heterocycles. The molecule has 0 aliphatic carbocycles. The van der Waals surface area contributed by atoms with Crippen molar-refractivity contribution in [1.82, 2.24) is 29.1 Å². The number of nitrogens with zero attached hydrogens (tertiary/aromatic N) is 7. The number of aryl methyl sites for hydroxylation is 2. The van der Waals surface area contributed by atoms with Crippen molar-refractivity contribution < 1.29 is 9.53 Å². The van der Waals surface area contributed by atoms with Gasteiger partial charge >= 0.3 is 5.69 Å². The smallest absolute Gasteiger partial charge is 0.350 e. The van der Waals surface area contributed by atoms with Crippen LogP contribution in [0.15, 0.2) is 52.8 Å². The average Bonchev–Trinajstić information content (AvgIpc) is 3.40. The summed E-state index contributed by atoms with van der Waals surface area (Å²) in [5.74, 6) is 1.44. The maximum Gasteiger partial charge on any atom is 0.350 e. The Bertz CT molecular complexity index is 1770. The van der Waals surface area contributed by atoms with Crippen LogP contribution in [-0.4, -0.2) is 99.8 Å². The van der Waals surface area contributed by atoms with Crippen LogP contribution in [0, 0.1) is 6.92 Å². The molecule has 1 amide bonds. The van der Waals surface area contributed by atoms with Crippen molar-refractivity contribution in [2.75, 3.05) is 69.7 Å². The van der Waals surface area contributed by atoms with Crippen molar-refractivity contribution >= 4 is 45.3 Å². The fourth-order valence-electron chi connectivity index (χ4n) is 6.71. The van der Waals surface area contributed by atoms with E-state index in [0.29, 0.717) is 32.0 Å². The number of morpholine rings is 1. The highest BCUT2D eigenvalue weighted by Gasteiger charge is 2.32. The lowest BCUT2D eigenvalue weighted by Gasteiger charge is -2.37. The normalized spacial score (nSPS) is 19.5. The molecule has 4 aromatic rings. The third-order valence-corrected chi connectivity index (χ3v) is 10.0. The van der Waals surface area contributed by atoms with Crippen molar-refractivity contribution in [3.05, 3.63) is 59.2 Å². The standard InChI is InChI=1S/C31H35N7O3S/c1-4-25(39)36-8-10-37(11-9-36)30-24-16-20(2)26(23-7-5-6-21-17-32-34(3)27(21)23)29-28(24)38(31(40)33-30)22(19-42-29)18-35-12-14-41-15-13-35/h4-7,16-17,22H,1,8-15,18-19H2,2-3H3. The average molecular weight is 586 g/mol. The second kappa shape index (κ2) is 10.9. The minimum atomic E-state index is -0.213. The summed E-state index contributed by atoms with van der Waals surface area (Å²) in [4.78, 5) is 38.5. The van der Waals surface area contributed by atoms with E-state index in [9.17, 15) is 9.59 Å². The van der Waals surface area contributed by atoms with E-state index in [1.807, 2.05) is 34.3 Å². The number of carbonyl (C=O) groups is 1. The first-order chi connectivity index (χ1) is 20.4. The lowest BCUT2D eigenvalue weighted by Crippen LogP contribution is -2.49. The van der Waals surface area contributed by atoms with Crippen LogP contribution in [0.2, 0.25) is 0 Å². The molecule has 0 bridgehead atoms. The van der Waals surface area contributed by atoms with Crippen molar-refractivity contribution in [2.24, 2.45) is 7.05 Å². The lowest BCUT2D eigenvalue weighted by atomic mass is 9.95. The highest BCUT2D eigenvalue weighted by Crippen LogP contribution is 2.47. The van der Waals surface area contributed by atoms with E-state index in [2.05, 4.69) is 52.7 Å². The number of rotatable bonds is 5. The number of hydrogen-bond donors (Lipinski definition) is 0. The molecule has 0 saturated carbocycles. The number of para-hydroxylation sites is 1. The van der Waals surface area contributed by atoms with Crippen molar-refractivity contribution in [3.8, 4) is 11.1 Å². The second-order valence-corrected chi connectivity index (χ2v) is 12.3. The number of piperazine rings is 1. The number of amides is 1. The molecule has 5 heterocycles. The lowest BCUT2D eigenvalue weighted by molar-refractivity contribution is -0.126. The van der Waals surface area contributed by atoms with Crippen molar-refractivity contribution in [3.63, 3.8) is 0 Å². The highest BCUT2D eigenvalue weighted by molar-refractivity contribution is 7.99. The summed E-state index contributed by atoms with van der Waals surface area (Å²) in [6, 6.07) is 8.55. The van der Waals surface area contributed by atoms with E-state index in [-0.39, 0.29) is 17.6 Å². The molecule has 10 nitrogen and oxygen atoms in total. The van der Waals surface area contributed by atoms with Gasteiger partial charge in [-0.3, -0.25) is 18.9 Å². The Morgan fingerprint density at radius 2 is 1.93 bits per heavy atom. The van der Waals surface area contributed by atoms with Gasteiger partial charge in [-0.2, -0.15) is 10.1 Å². The third-order valence-electron chi connectivity index (χ3n) is 8.80. The Kier molecular flexibility index (Phi) is 7.03. The predicted molar refractivity (Wildman–Crippen MR) is 166 cm³/mol. The van der Waals surface area contributed by atoms with Crippen LogP contribution in [-0.2, 0) is 16.6 Å². The Morgan fingerprint density at radius 1 is 1.14 bits per heavy atom. The second-order valence-electron chi connectivity index (χ2n) is 11.3. The third kappa shape index (κ3) is 4.50. The molecule has 0 N–H and O–H groups in total. The monoisotopic (exact) mass is 585 g/mol. The summed E-state index contributed by atoms with van der Waals surface area (Å²) in [6.45, 7) is 12.1. The van der Waals surface area contributed by atoms with Gasteiger partial charge in [-0.05, 0) is 24.6 Å². The van der Waals surface area contributed by atoms with Gasteiger partial charge in [0.25, 0.3) is 0 Å². The molecule has 2 saturated heterocycles. The van der Waals surface area contributed by atoms with Gasteiger partial charge in [-0.25, -0.2) is 4.79 Å². The molecule has 42 heavy (non-hydrogen) atoms. The first-order valence-corrected chi connectivity index (χ1v) is 15.5. The SMILES string of the molecule is C=CC(=O)N1CCN(c2nc(=O)n3c4c(c(-c5cccc6cnn(C)c56)c(C)cc24)SCC3CN2CCOCC2)CC1. The molecule has 3 aliphatic rings. The van der Waals surface area contributed by atoms with Gasteiger partial charge in [-0.1, -0.05) is 24.8 Å². The number of anilines is 1. The summed E-state index contributed by atoms with van der Waals surface area (Å²) < 4.78 is 9.48. The molecule has 11 heteroatoms. The molecular formula is C31H35N7O3S. The Labute approximate surface area is 248 Å². The molecular weight excluding hydrogens is 550 g/mol. The van der Waals surface area contributed by atoms with Gasteiger partial charge in [0.1, 0.15) is 5.82 Å². The Balaban J connectivity index is 1.42. The predicted octanol–water partition coefficient (Wildman–Crippen LogP) is 3.07. The fourth-order valence-corrected chi connectivity index (χ4v) is 8.09. The summed E-state index contributed by atoms with van der Waals surface area (Å²) >= 11 is 1.84. The van der Waals surface area contributed by atoms with Crippen LogP contribution < -0.4 is 10.6 Å². The molecule has 2 aromatic carbocycles. The molecule has 2 aromatic heterocycles. The van der Waals surface area contributed by atoms with E-state index in [1.54, 1.807) is 4.90 Å². The van der Waals surface area contributed by atoms with Crippen LogP contribution in [0.4, 0.5) is 5.82 Å². The summed E-state index contributed by atoms with van der Waals surface area (Å²) in [7, 11) is 1.98. The van der Waals surface area contributed by atoms with Gasteiger partial charge in [0.05, 0.1) is 36.5 Å². The van der Waals surface area contributed by atoms with Gasteiger partial charge in [-0.15, -0.1) is 11.8 Å². The maximum atomic E-state index is 14.0. The Hall–Kier alpha value is -3.67. The van der Waals surface area contributed by atoms with Crippen LogP contribution >= 0.6 is 11.8 Å². The molecule has 2 fully saturated rings. The molecule has 1 atom stereocenters. The minimum Gasteiger partial charge on any atom is -0.379 e. The maximum absolute atomic E-state index is 14.0. The molecule has 218 valence electrons. The fraction of sp³-hybridized carbons (Fsp3) is 0.419. The number of carbonyl (C=O) groups excluding carboxylic acids is 1. The molecule has 1 unspecified atom stereocenters. The quantitative estimate of drug-likeness (QED) is 0.331. The van der Waals surface area contributed by atoms with E-state index in [1.165, 1.54) is 6.08 Å². The largest absolute Gasteiger partial charge is 0.379 e. The van der Waals surface area contributed by atoms with Crippen molar-refractivity contribution in [1.29, 1.82) is 0 Å². The van der Waals surface area contributed by atoms with Crippen molar-refractivity contribution in [2.45, 2.75) is 17.9 Å².